The summed E-state index contributed by atoms with van der Waals surface area (Å²) in [7, 11) is -5.11. The molecule has 0 fully saturated rings. The number of rotatable bonds is 4. The van der Waals surface area contributed by atoms with Gasteiger partial charge in [0.05, 0.1) is 5.69 Å². The Morgan fingerprint density at radius 1 is 1.08 bits per heavy atom. The highest BCUT2D eigenvalue weighted by Crippen LogP contribution is 2.35. The molecule has 6 nitrogen and oxygen atoms in total. The third-order valence-electron chi connectivity index (χ3n) is 3.78. The van der Waals surface area contributed by atoms with Gasteiger partial charge >= 0.3 is 16.4 Å². The highest BCUT2D eigenvalue weighted by molar-refractivity contribution is 7.86. The van der Waals surface area contributed by atoms with Gasteiger partial charge < -0.3 is 5.73 Å². The first-order valence-corrected chi connectivity index (χ1v) is 9.04. The summed E-state index contributed by atoms with van der Waals surface area (Å²) in [5, 5.41) is 3.33. The Morgan fingerprint density at radius 3 is 2.00 bits per heavy atom. The molecule has 0 aliphatic heterocycles. The second kappa shape index (κ2) is 6.53. The zero-order valence-corrected chi connectivity index (χ0v) is 15.3. The summed E-state index contributed by atoms with van der Waals surface area (Å²) in [6.07, 6.45) is -4.83. The molecule has 11 heteroatoms. The lowest BCUT2D eigenvalue weighted by molar-refractivity contribution is -0.144. The molecule has 1 heterocycles. The summed E-state index contributed by atoms with van der Waals surface area (Å²) >= 11 is 0. The molecule has 0 amide bonds. The minimum Gasteiger partial charge on any atom is -0.368 e. The number of nitrogen functional groups attached to an aromatic ring is 1. The van der Waals surface area contributed by atoms with Gasteiger partial charge in [-0.25, -0.2) is 0 Å². The molecular formula is C15H18F4N4O2S. The molecule has 2 rings (SSSR count). The van der Waals surface area contributed by atoms with Gasteiger partial charge in [0.2, 0.25) is 5.95 Å². The predicted octanol–water partition coefficient (Wildman–Crippen LogP) is 3.77. The van der Waals surface area contributed by atoms with Gasteiger partial charge in [-0.1, -0.05) is 33.8 Å². The molecule has 0 atom stereocenters. The number of aromatic nitrogens is 3. The van der Waals surface area contributed by atoms with Crippen LogP contribution in [0.25, 0.3) is 5.69 Å². The maximum atomic E-state index is 13.8. The summed E-state index contributed by atoms with van der Waals surface area (Å²) < 4.78 is 76.1. The lowest BCUT2D eigenvalue weighted by atomic mass is 9.94. The van der Waals surface area contributed by atoms with Gasteiger partial charge in [-0.05, 0) is 29.0 Å². The van der Waals surface area contributed by atoms with E-state index in [1.54, 1.807) is 27.7 Å². The van der Waals surface area contributed by atoms with Crippen LogP contribution in [0.15, 0.2) is 17.0 Å². The van der Waals surface area contributed by atoms with Crippen LogP contribution in [0, 0.1) is 0 Å². The molecule has 1 aromatic heterocycles. The average Bonchev–Trinajstić information content (AvgIpc) is 2.86. The van der Waals surface area contributed by atoms with Crippen molar-refractivity contribution in [2.75, 3.05) is 5.73 Å². The standard InChI is InChI=1S/C15H18F4N4O2S/c1-7(2)9-5-10(8(3)4)12(26(19,24)25)6-11(9)23-14(20)21-13(22-23)15(16,17)18/h5-8H,1-4H3,(H2,20,21,22). The highest BCUT2D eigenvalue weighted by Gasteiger charge is 2.37. The number of hydrogen-bond donors (Lipinski definition) is 1. The Kier molecular flexibility index (Phi) is 5.06. The van der Waals surface area contributed by atoms with Gasteiger partial charge in [0, 0.05) is 0 Å². The van der Waals surface area contributed by atoms with Crippen molar-refractivity contribution in [1.29, 1.82) is 0 Å². The van der Waals surface area contributed by atoms with Crippen LogP contribution in [0.1, 0.15) is 56.5 Å². The van der Waals surface area contributed by atoms with Crippen LogP contribution in [0.3, 0.4) is 0 Å². The summed E-state index contributed by atoms with van der Waals surface area (Å²) in [4.78, 5) is 2.54. The van der Waals surface area contributed by atoms with E-state index in [4.69, 9.17) is 5.73 Å². The molecule has 0 radical (unpaired) electrons. The second-order valence-corrected chi connectivity index (χ2v) is 7.71. The molecule has 1 aromatic carbocycles. The smallest absolute Gasteiger partial charge is 0.368 e. The van der Waals surface area contributed by atoms with Crippen molar-refractivity contribution in [3.05, 3.63) is 29.1 Å². The van der Waals surface area contributed by atoms with E-state index >= 15 is 0 Å². The Hall–Kier alpha value is -2.17. The first-order chi connectivity index (χ1) is 11.7. The highest BCUT2D eigenvalue weighted by atomic mass is 32.3. The van der Waals surface area contributed by atoms with Crippen LogP contribution < -0.4 is 5.73 Å². The van der Waals surface area contributed by atoms with Crippen LogP contribution in [0.4, 0.5) is 23.0 Å². The van der Waals surface area contributed by atoms with E-state index in [9.17, 15) is 25.5 Å². The molecule has 2 N–H and O–H groups in total. The van der Waals surface area contributed by atoms with Gasteiger partial charge in [0.25, 0.3) is 5.82 Å². The normalized spacial score (nSPS) is 13.0. The van der Waals surface area contributed by atoms with Crippen molar-refractivity contribution in [2.24, 2.45) is 0 Å². The molecule has 0 saturated heterocycles. The fourth-order valence-electron chi connectivity index (χ4n) is 2.53. The van der Waals surface area contributed by atoms with Crippen LogP contribution in [0.5, 0.6) is 0 Å². The Balaban J connectivity index is 2.86. The van der Waals surface area contributed by atoms with E-state index in [1.165, 1.54) is 6.07 Å². The average molecular weight is 394 g/mol. The fraction of sp³-hybridized carbons (Fsp3) is 0.467. The van der Waals surface area contributed by atoms with Crippen molar-refractivity contribution in [1.82, 2.24) is 14.8 Å². The van der Waals surface area contributed by atoms with Crippen LogP contribution >= 0.6 is 0 Å². The molecule has 0 saturated carbocycles. The Bertz CT molecular complexity index is 934. The predicted molar refractivity (Wildman–Crippen MR) is 87.2 cm³/mol. The molecule has 144 valence electrons. The summed E-state index contributed by atoms with van der Waals surface area (Å²) in [5.74, 6) is -2.61. The first-order valence-electron chi connectivity index (χ1n) is 7.66. The Labute approximate surface area is 148 Å². The van der Waals surface area contributed by atoms with Crippen molar-refractivity contribution in [3.8, 4) is 5.69 Å². The van der Waals surface area contributed by atoms with Crippen molar-refractivity contribution < 1.29 is 25.5 Å². The number of anilines is 1. The number of nitrogens with two attached hydrogens (primary N) is 1. The second-order valence-electron chi connectivity index (χ2n) is 6.40. The quantitative estimate of drug-likeness (QED) is 0.630. The number of halogens is 4. The largest absolute Gasteiger partial charge is 0.453 e. The van der Waals surface area contributed by atoms with Crippen LogP contribution in [-0.2, 0) is 16.4 Å². The van der Waals surface area contributed by atoms with Crippen LogP contribution in [-0.4, -0.2) is 23.2 Å². The van der Waals surface area contributed by atoms with Crippen molar-refractivity contribution in [3.63, 3.8) is 0 Å². The molecule has 0 spiro atoms. The monoisotopic (exact) mass is 394 g/mol. The lowest BCUT2D eigenvalue weighted by Gasteiger charge is -2.19. The zero-order chi connectivity index (χ0) is 20.0. The Morgan fingerprint density at radius 2 is 1.62 bits per heavy atom. The van der Waals surface area contributed by atoms with Gasteiger partial charge in [-0.2, -0.15) is 31.3 Å². The molecular weight excluding hydrogens is 376 g/mol. The van der Waals surface area contributed by atoms with Crippen molar-refractivity contribution >= 4 is 16.2 Å². The first kappa shape index (κ1) is 20.1. The van der Waals surface area contributed by atoms with E-state index in [0.29, 0.717) is 10.2 Å². The van der Waals surface area contributed by atoms with E-state index in [0.717, 1.165) is 6.07 Å². The topological polar surface area (TPSA) is 90.9 Å². The third kappa shape index (κ3) is 3.81. The van der Waals surface area contributed by atoms with Crippen LogP contribution in [0.2, 0.25) is 0 Å². The number of nitrogens with zero attached hydrogens (tertiary/aromatic N) is 3. The van der Waals surface area contributed by atoms with Gasteiger partial charge in [0.15, 0.2) is 0 Å². The van der Waals surface area contributed by atoms with Crippen molar-refractivity contribution in [2.45, 2.75) is 50.6 Å². The van der Waals surface area contributed by atoms with E-state index in [2.05, 4.69) is 10.1 Å². The lowest BCUT2D eigenvalue weighted by Crippen LogP contribution is -2.12. The SMILES string of the molecule is CC(C)c1cc(C(C)C)c(S(=O)(=O)F)cc1-n1nc(C(F)(F)F)nc1N. The van der Waals surface area contributed by atoms with E-state index in [-0.39, 0.29) is 23.1 Å². The minimum absolute atomic E-state index is 0.0684. The maximum Gasteiger partial charge on any atom is 0.453 e. The zero-order valence-electron chi connectivity index (χ0n) is 14.5. The number of hydrogen-bond acceptors (Lipinski definition) is 5. The molecule has 2 aromatic rings. The molecule has 0 aliphatic carbocycles. The number of benzene rings is 1. The molecule has 26 heavy (non-hydrogen) atoms. The minimum atomic E-state index is -5.11. The third-order valence-corrected chi connectivity index (χ3v) is 4.66. The molecule has 0 unspecified atom stereocenters. The van der Waals surface area contributed by atoms with E-state index < -0.39 is 33.1 Å². The maximum absolute atomic E-state index is 13.8. The summed E-state index contributed by atoms with van der Waals surface area (Å²) in [5.41, 5.74) is 6.16. The number of alkyl halides is 3. The fourth-order valence-corrected chi connectivity index (χ4v) is 3.36. The van der Waals surface area contributed by atoms with Gasteiger partial charge in [-0.3, -0.25) is 0 Å². The van der Waals surface area contributed by atoms with Gasteiger partial charge in [-0.15, -0.1) is 8.98 Å². The molecule has 0 aliphatic rings. The van der Waals surface area contributed by atoms with Gasteiger partial charge in [0.1, 0.15) is 4.90 Å². The van der Waals surface area contributed by atoms with E-state index in [1.807, 2.05) is 0 Å². The molecule has 0 bridgehead atoms. The summed E-state index contributed by atoms with van der Waals surface area (Å²) in [6, 6.07) is 2.40. The summed E-state index contributed by atoms with van der Waals surface area (Å²) in [6.45, 7) is 6.87.